The van der Waals surface area contributed by atoms with Gasteiger partial charge in [-0.15, -0.1) is 0 Å². The van der Waals surface area contributed by atoms with E-state index in [2.05, 4.69) is 22.3 Å². The molecule has 0 spiro atoms. The van der Waals surface area contributed by atoms with Crippen molar-refractivity contribution < 1.29 is 19.0 Å². The maximum atomic E-state index is 12.5. The van der Waals surface area contributed by atoms with Crippen molar-refractivity contribution >= 4 is 17.3 Å². The molecular weight excluding hydrogens is 356 g/mol. The van der Waals surface area contributed by atoms with Crippen molar-refractivity contribution in [3.63, 3.8) is 0 Å². The zero-order valence-corrected chi connectivity index (χ0v) is 16.8. The van der Waals surface area contributed by atoms with Crippen LogP contribution in [-0.4, -0.2) is 40.3 Å². The van der Waals surface area contributed by atoms with Crippen LogP contribution in [0.1, 0.15) is 24.8 Å². The Bertz CT molecular complexity index is 774. The number of rotatable bonds is 7. The van der Waals surface area contributed by atoms with Crippen molar-refractivity contribution in [2.45, 2.75) is 25.7 Å². The number of hydrogen-bond donors (Lipinski definition) is 1. The average molecular weight is 384 g/mol. The number of nitrogens with one attached hydrogen (secondary N) is 1. The van der Waals surface area contributed by atoms with Crippen LogP contribution in [0.5, 0.6) is 17.2 Å². The Labute approximate surface area is 166 Å². The van der Waals surface area contributed by atoms with Gasteiger partial charge in [0.1, 0.15) is 0 Å². The summed E-state index contributed by atoms with van der Waals surface area (Å²) in [6.07, 6.45) is 4.12. The topological polar surface area (TPSA) is 60.0 Å². The molecule has 1 N–H and O–H groups in total. The number of piperidine rings is 1. The monoisotopic (exact) mass is 384 g/mol. The van der Waals surface area contributed by atoms with Crippen LogP contribution in [0, 0.1) is 0 Å². The Kier molecular flexibility index (Phi) is 6.63. The molecule has 0 atom stereocenters. The second-order valence-electron chi connectivity index (χ2n) is 6.85. The van der Waals surface area contributed by atoms with Gasteiger partial charge in [-0.25, -0.2) is 0 Å². The molecule has 0 bridgehead atoms. The predicted octanol–water partition coefficient (Wildman–Crippen LogP) is 3.88. The van der Waals surface area contributed by atoms with E-state index < -0.39 is 0 Å². The Balaban J connectivity index is 1.65. The molecule has 0 aromatic heterocycles. The van der Waals surface area contributed by atoms with Gasteiger partial charge in [0.05, 0.1) is 27.8 Å². The number of methoxy groups -OCH3 is 3. The fraction of sp³-hybridized carbons (Fsp3) is 0.409. The number of carbonyl (C=O) groups is 1. The van der Waals surface area contributed by atoms with Crippen LogP contribution >= 0.6 is 0 Å². The Hall–Kier alpha value is -2.89. The van der Waals surface area contributed by atoms with Gasteiger partial charge in [0, 0.05) is 36.6 Å². The van der Waals surface area contributed by atoms with Gasteiger partial charge in [0.15, 0.2) is 11.5 Å². The second kappa shape index (κ2) is 9.35. The number of carbonyl (C=O) groups excluding carboxylic acids is 1. The first-order valence-corrected chi connectivity index (χ1v) is 9.58. The SMILES string of the molecule is COc1cc(NC(=O)Cc2ccc(N3CCCCC3)cc2)cc(OC)c1OC. The Morgan fingerprint density at radius 1 is 0.929 bits per heavy atom. The summed E-state index contributed by atoms with van der Waals surface area (Å²) in [5.41, 5.74) is 2.81. The lowest BCUT2D eigenvalue weighted by atomic mass is 10.1. The lowest BCUT2D eigenvalue weighted by Crippen LogP contribution is -2.29. The minimum atomic E-state index is -0.0972. The third-order valence-corrected chi connectivity index (χ3v) is 4.97. The average Bonchev–Trinajstić information content (AvgIpc) is 2.74. The van der Waals surface area contributed by atoms with Crippen molar-refractivity contribution in [2.75, 3.05) is 44.6 Å². The van der Waals surface area contributed by atoms with Crippen LogP contribution in [0.15, 0.2) is 36.4 Å². The van der Waals surface area contributed by atoms with Crippen molar-refractivity contribution in [1.29, 1.82) is 0 Å². The molecule has 2 aromatic carbocycles. The fourth-order valence-electron chi connectivity index (χ4n) is 3.52. The second-order valence-corrected chi connectivity index (χ2v) is 6.85. The summed E-state index contributed by atoms with van der Waals surface area (Å²) >= 11 is 0. The fourth-order valence-corrected chi connectivity index (χ4v) is 3.52. The molecule has 0 saturated carbocycles. The summed E-state index contributed by atoms with van der Waals surface area (Å²) in [6, 6.07) is 11.7. The zero-order valence-electron chi connectivity index (χ0n) is 16.8. The Morgan fingerprint density at radius 2 is 1.54 bits per heavy atom. The largest absolute Gasteiger partial charge is 0.493 e. The number of hydrogen-bond acceptors (Lipinski definition) is 5. The zero-order chi connectivity index (χ0) is 19.9. The molecule has 3 rings (SSSR count). The van der Waals surface area contributed by atoms with E-state index in [-0.39, 0.29) is 5.91 Å². The van der Waals surface area contributed by atoms with E-state index in [1.807, 2.05) is 12.1 Å². The highest BCUT2D eigenvalue weighted by Crippen LogP contribution is 2.39. The molecule has 1 aliphatic heterocycles. The third kappa shape index (κ3) is 4.68. The molecule has 1 fully saturated rings. The molecule has 1 aliphatic rings. The number of benzene rings is 2. The smallest absolute Gasteiger partial charge is 0.228 e. The minimum absolute atomic E-state index is 0.0972. The first kappa shape index (κ1) is 19.9. The third-order valence-electron chi connectivity index (χ3n) is 4.97. The Morgan fingerprint density at radius 3 is 2.07 bits per heavy atom. The van der Waals surface area contributed by atoms with E-state index in [1.54, 1.807) is 33.5 Å². The number of nitrogens with zero attached hydrogens (tertiary/aromatic N) is 1. The van der Waals surface area contributed by atoms with Gasteiger partial charge in [0.25, 0.3) is 0 Å². The first-order chi connectivity index (χ1) is 13.6. The molecular formula is C22H28N2O4. The van der Waals surface area contributed by atoms with E-state index in [4.69, 9.17) is 14.2 Å². The van der Waals surface area contributed by atoms with E-state index >= 15 is 0 Å². The molecule has 150 valence electrons. The molecule has 6 heteroatoms. The van der Waals surface area contributed by atoms with Crippen molar-refractivity contribution in [3.8, 4) is 17.2 Å². The standard InChI is InChI=1S/C22H28N2O4/c1-26-19-14-17(15-20(27-2)22(19)28-3)23-21(25)13-16-7-9-18(10-8-16)24-11-5-4-6-12-24/h7-10,14-15H,4-6,11-13H2,1-3H3,(H,23,25). The van der Waals surface area contributed by atoms with E-state index in [0.717, 1.165) is 18.7 Å². The van der Waals surface area contributed by atoms with Crippen molar-refractivity contribution in [3.05, 3.63) is 42.0 Å². The lowest BCUT2D eigenvalue weighted by Gasteiger charge is -2.28. The highest BCUT2D eigenvalue weighted by molar-refractivity contribution is 5.93. The molecule has 1 saturated heterocycles. The van der Waals surface area contributed by atoms with Gasteiger partial charge in [-0.2, -0.15) is 0 Å². The highest BCUT2D eigenvalue weighted by atomic mass is 16.5. The summed E-state index contributed by atoms with van der Waals surface area (Å²) in [5, 5.41) is 2.90. The minimum Gasteiger partial charge on any atom is -0.493 e. The lowest BCUT2D eigenvalue weighted by molar-refractivity contribution is -0.115. The van der Waals surface area contributed by atoms with Crippen LogP contribution < -0.4 is 24.4 Å². The molecule has 1 heterocycles. The van der Waals surface area contributed by atoms with Crippen LogP contribution in [0.2, 0.25) is 0 Å². The maximum Gasteiger partial charge on any atom is 0.228 e. The number of ether oxygens (including phenoxy) is 3. The summed E-state index contributed by atoms with van der Waals surface area (Å²) in [5.74, 6) is 1.40. The predicted molar refractivity (Wildman–Crippen MR) is 111 cm³/mol. The van der Waals surface area contributed by atoms with Crippen LogP contribution in [-0.2, 0) is 11.2 Å². The number of anilines is 2. The molecule has 0 radical (unpaired) electrons. The van der Waals surface area contributed by atoms with Gasteiger partial charge in [-0.1, -0.05) is 12.1 Å². The van der Waals surface area contributed by atoms with E-state index in [1.165, 1.54) is 24.9 Å². The highest BCUT2D eigenvalue weighted by Gasteiger charge is 2.15. The molecule has 0 aliphatic carbocycles. The molecule has 1 amide bonds. The van der Waals surface area contributed by atoms with E-state index in [0.29, 0.717) is 29.4 Å². The summed E-state index contributed by atoms with van der Waals surface area (Å²) < 4.78 is 16.0. The van der Waals surface area contributed by atoms with Crippen molar-refractivity contribution in [2.24, 2.45) is 0 Å². The molecule has 28 heavy (non-hydrogen) atoms. The summed E-state index contributed by atoms with van der Waals surface area (Å²) in [4.78, 5) is 14.9. The van der Waals surface area contributed by atoms with Crippen molar-refractivity contribution in [1.82, 2.24) is 0 Å². The van der Waals surface area contributed by atoms with Gasteiger partial charge < -0.3 is 24.4 Å². The maximum absolute atomic E-state index is 12.5. The summed E-state index contributed by atoms with van der Waals surface area (Å²) in [6.45, 7) is 2.22. The van der Waals surface area contributed by atoms with E-state index in [9.17, 15) is 4.79 Å². The normalized spacial score (nSPS) is 13.8. The quantitative estimate of drug-likeness (QED) is 0.785. The van der Waals surface area contributed by atoms with Crippen LogP contribution in [0.3, 0.4) is 0 Å². The van der Waals surface area contributed by atoms with Crippen LogP contribution in [0.4, 0.5) is 11.4 Å². The van der Waals surface area contributed by atoms with Crippen LogP contribution in [0.25, 0.3) is 0 Å². The van der Waals surface area contributed by atoms with Gasteiger partial charge in [-0.3, -0.25) is 4.79 Å². The molecule has 2 aromatic rings. The first-order valence-electron chi connectivity index (χ1n) is 9.58. The van der Waals surface area contributed by atoms with Gasteiger partial charge in [0.2, 0.25) is 11.7 Å². The van der Waals surface area contributed by atoms with Gasteiger partial charge in [-0.05, 0) is 37.0 Å². The number of amides is 1. The molecule has 0 unspecified atom stereocenters. The van der Waals surface area contributed by atoms with Gasteiger partial charge >= 0.3 is 0 Å². The molecule has 6 nitrogen and oxygen atoms in total. The summed E-state index contributed by atoms with van der Waals surface area (Å²) in [7, 11) is 4.64.